The Kier molecular flexibility index (Phi) is 5.62. The monoisotopic (exact) mass is 300 g/mol. The molecule has 0 saturated carbocycles. The van der Waals surface area contributed by atoms with Crippen molar-refractivity contribution in [2.75, 3.05) is 6.61 Å². The van der Waals surface area contributed by atoms with Crippen molar-refractivity contribution in [3.8, 4) is 11.8 Å². The van der Waals surface area contributed by atoms with E-state index >= 15 is 0 Å². The molecule has 0 aliphatic carbocycles. The van der Waals surface area contributed by atoms with Gasteiger partial charge in [0.2, 0.25) is 0 Å². The summed E-state index contributed by atoms with van der Waals surface area (Å²) in [5, 5.41) is 12.7. The van der Waals surface area contributed by atoms with E-state index in [0.717, 1.165) is 22.9 Å². The van der Waals surface area contributed by atoms with Gasteiger partial charge in [-0.3, -0.25) is 0 Å². The molecule has 0 amide bonds. The van der Waals surface area contributed by atoms with Crippen molar-refractivity contribution in [3.63, 3.8) is 0 Å². The van der Waals surface area contributed by atoms with Gasteiger partial charge < -0.3 is 10.1 Å². The van der Waals surface area contributed by atoms with E-state index in [-0.39, 0.29) is 12.6 Å². The van der Waals surface area contributed by atoms with E-state index < -0.39 is 0 Å². The zero-order valence-electron chi connectivity index (χ0n) is 11.8. The highest BCUT2D eigenvalue weighted by Crippen LogP contribution is 2.18. The number of benzene rings is 2. The van der Waals surface area contributed by atoms with Gasteiger partial charge in [-0.2, -0.15) is 5.26 Å². The van der Waals surface area contributed by atoms with Crippen molar-refractivity contribution >= 4 is 11.6 Å². The second-order valence-electron chi connectivity index (χ2n) is 4.75. The number of nitriles is 1. The molecule has 2 aromatic rings. The molecule has 0 radical (unpaired) electrons. The first-order chi connectivity index (χ1) is 10.2. The second kappa shape index (κ2) is 7.68. The summed E-state index contributed by atoms with van der Waals surface area (Å²) < 4.78 is 5.30. The molecule has 2 rings (SSSR count). The average molecular weight is 301 g/mol. The minimum atomic E-state index is 0.0675. The minimum absolute atomic E-state index is 0.0675. The molecule has 0 fully saturated rings. The van der Waals surface area contributed by atoms with E-state index in [4.69, 9.17) is 21.6 Å². The third-order valence-corrected chi connectivity index (χ3v) is 3.44. The molecule has 0 bridgehead atoms. The lowest BCUT2D eigenvalue weighted by Crippen LogP contribution is -2.18. The maximum atomic E-state index is 8.52. The molecule has 0 spiro atoms. The van der Waals surface area contributed by atoms with Crippen LogP contribution < -0.4 is 10.1 Å². The fraction of sp³-hybridized carbons (Fsp3) is 0.235. The van der Waals surface area contributed by atoms with Gasteiger partial charge in [-0.1, -0.05) is 35.9 Å². The highest BCUT2D eigenvalue weighted by molar-refractivity contribution is 6.30. The van der Waals surface area contributed by atoms with Crippen LogP contribution in [0.5, 0.6) is 5.75 Å². The average Bonchev–Trinajstić information content (AvgIpc) is 2.52. The van der Waals surface area contributed by atoms with Gasteiger partial charge in [-0.15, -0.1) is 0 Å². The lowest BCUT2D eigenvalue weighted by Gasteiger charge is -2.15. The molecular weight excluding hydrogens is 284 g/mol. The molecular formula is C17H17ClN2O. The SMILES string of the molecule is C[C@@H](NCc1cccc(OCC#N)c1)c1ccc(Cl)cc1. The third-order valence-electron chi connectivity index (χ3n) is 3.18. The minimum Gasteiger partial charge on any atom is -0.479 e. The zero-order valence-corrected chi connectivity index (χ0v) is 12.6. The number of nitrogens with zero attached hydrogens (tertiary/aromatic N) is 1. The first-order valence-corrected chi connectivity index (χ1v) is 7.14. The van der Waals surface area contributed by atoms with Crippen LogP contribution in [0.25, 0.3) is 0 Å². The highest BCUT2D eigenvalue weighted by atomic mass is 35.5. The topological polar surface area (TPSA) is 45.0 Å². The van der Waals surface area contributed by atoms with Crippen LogP contribution >= 0.6 is 11.6 Å². The van der Waals surface area contributed by atoms with Gasteiger partial charge in [0, 0.05) is 17.6 Å². The zero-order chi connectivity index (χ0) is 15.1. The van der Waals surface area contributed by atoms with Crippen LogP contribution in [-0.4, -0.2) is 6.61 Å². The number of ether oxygens (including phenoxy) is 1. The summed E-state index contributed by atoms with van der Waals surface area (Å²) in [6.07, 6.45) is 0. The van der Waals surface area contributed by atoms with E-state index in [1.807, 2.05) is 54.6 Å². The van der Waals surface area contributed by atoms with Crippen molar-refractivity contribution in [3.05, 3.63) is 64.7 Å². The van der Waals surface area contributed by atoms with Crippen molar-refractivity contribution in [1.82, 2.24) is 5.32 Å². The molecule has 0 aliphatic rings. The Morgan fingerprint density at radius 3 is 2.71 bits per heavy atom. The summed E-state index contributed by atoms with van der Waals surface area (Å²) in [5.41, 5.74) is 2.31. The Bertz CT molecular complexity index is 619. The van der Waals surface area contributed by atoms with Crippen LogP contribution in [0.1, 0.15) is 24.1 Å². The quantitative estimate of drug-likeness (QED) is 0.874. The molecule has 0 aromatic heterocycles. The number of hydrogen-bond donors (Lipinski definition) is 1. The van der Waals surface area contributed by atoms with E-state index in [1.165, 1.54) is 5.56 Å². The summed E-state index contributed by atoms with van der Waals surface area (Å²) in [4.78, 5) is 0. The summed E-state index contributed by atoms with van der Waals surface area (Å²) in [5.74, 6) is 0.718. The van der Waals surface area contributed by atoms with E-state index in [1.54, 1.807) is 0 Å². The van der Waals surface area contributed by atoms with Crippen molar-refractivity contribution in [1.29, 1.82) is 5.26 Å². The van der Waals surface area contributed by atoms with Crippen LogP contribution in [0.4, 0.5) is 0 Å². The molecule has 3 nitrogen and oxygen atoms in total. The smallest absolute Gasteiger partial charge is 0.174 e. The summed E-state index contributed by atoms with van der Waals surface area (Å²) in [6.45, 7) is 2.91. The summed E-state index contributed by atoms with van der Waals surface area (Å²) in [6, 6.07) is 17.8. The van der Waals surface area contributed by atoms with Gasteiger partial charge >= 0.3 is 0 Å². The second-order valence-corrected chi connectivity index (χ2v) is 5.18. The fourth-order valence-electron chi connectivity index (χ4n) is 2.00. The van der Waals surface area contributed by atoms with Crippen LogP contribution in [0, 0.1) is 11.3 Å². The Morgan fingerprint density at radius 1 is 1.24 bits per heavy atom. The molecule has 108 valence electrons. The Hall–Kier alpha value is -2.02. The maximum Gasteiger partial charge on any atom is 0.174 e. The molecule has 21 heavy (non-hydrogen) atoms. The molecule has 0 heterocycles. The molecule has 0 unspecified atom stereocenters. The maximum absolute atomic E-state index is 8.52. The van der Waals surface area contributed by atoms with Crippen molar-refractivity contribution < 1.29 is 4.74 Å². The number of rotatable bonds is 6. The van der Waals surface area contributed by atoms with E-state index in [0.29, 0.717) is 0 Å². The lowest BCUT2D eigenvalue weighted by molar-refractivity contribution is 0.367. The largest absolute Gasteiger partial charge is 0.479 e. The van der Waals surface area contributed by atoms with Crippen molar-refractivity contribution in [2.24, 2.45) is 0 Å². The molecule has 4 heteroatoms. The molecule has 0 saturated heterocycles. The van der Waals surface area contributed by atoms with Crippen LogP contribution in [0.2, 0.25) is 5.02 Å². The Balaban J connectivity index is 1.93. The normalized spacial score (nSPS) is 11.7. The summed E-state index contributed by atoms with van der Waals surface area (Å²) in [7, 11) is 0. The van der Waals surface area contributed by atoms with Gasteiger partial charge in [0.25, 0.3) is 0 Å². The van der Waals surface area contributed by atoms with Crippen molar-refractivity contribution in [2.45, 2.75) is 19.5 Å². The van der Waals surface area contributed by atoms with Gasteiger partial charge in [-0.25, -0.2) is 0 Å². The third kappa shape index (κ3) is 4.78. The van der Waals surface area contributed by atoms with Gasteiger partial charge in [0.05, 0.1) is 0 Å². The Labute approximate surface area is 130 Å². The molecule has 2 aromatic carbocycles. The number of hydrogen-bond acceptors (Lipinski definition) is 3. The van der Waals surface area contributed by atoms with Gasteiger partial charge in [0.15, 0.2) is 6.61 Å². The first kappa shape index (κ1) is 15.4. The van der Waals surface area contributed by atoms with Crippen LogP contribution in [-0.2, 0) is 6.54 Å². The van der Waals surface area contributed by atoms with Crippen LogP contribution in [0.15, 0.2) is 48.5 Å². The fourth-order valence-corrected chi connectivity index (χ4v) is 2.13. The molecule has 0 aliphatic heterocycles. The van der Waals surface area contributed by atoms with Crippen LogP contribution in [0.3, 0.4) is 0 Å². The Morgan fingerprint density at radius 2 is 2.00 bits per heavy atom. The standard InChI is InChI=1S/C17H17ClN2O/c1-13(15-5-7-16(18)8-6-15)20-12-14-3-2-4-17(11-14)21-10-9-19/h2-8,11,13,20H,10,12H2,1H3/t13-/m1/s1. The summed E-state index contributed by atoms with van der Waals surface area (Å²) >= 11 is 5.89. The predicted octanol–water partition coefficient (Wildman–Crippen LogP) is 4.09. The lowest BCUT2D eigenvalue weighted by atomic mass is 10.1. The van der Waals surface area contributed by atoms with E-state index in [9.17, 15) is 0 Å². The molecule has 1 N–H and O–H groups in total. The molecule has 1 atom stereocenters. The predicted molar refractivity (Wildman–Crippen MR) is 84.3 cm³/mol. The van der Waals surface area contributed by atoms with Gasteiger partial charge in [-0.05, 0) is 42.3 Å². The highest BCUT2D eigenvalue weighted by Gasteiger charge is 2.05. The van der Waals surface area contributed by atoms with Gasteiger partial charge in [0.1, 0.15) is 11.8 Å². The van der Waals surface area contributed by atoms with E-state index in [2.05, 4.69) is 12.2 Å². The first-order valence-electron chi connectivity index (χ1n) is 6.76. The number of halogens is 1. The number of nitrogens with one attached hydrogen (secondary N) is 1.